The monoisotopic (exact) mass is 319 g/mol. The summed E-state index contributed by atoms with van der Waals surface area (Å²) >= 11 is 0. The maximum atomic E-state index is 12.1. The number of esters is 1. The number of rotatable bonds is 3. The van der Waals surface area contributed by atoms with E-state index in [0.29, 0.717) is 12.1 Å². The molecule has 0 aromatic carbocycles. The van der Waals surface area contributed by atoms with Crippen LogP contribution in [0.3, 0.4) is 0 Å². The van der Waals surface area contributed by atoms with Gasteiger partial charge in [0.05, 0.1) is 7.11 Å². The maximum absolute atomic E-state index is 12.1. The van der Waals surface area contributed by atoms with E-state index in [1.807, 2.05) is 6.07 Å². The van der Waals surface area contributed by atoms with E-state index < -0.39 is 23.7 Å². The van der Waals surface area contributed by atoms with Crippen LogP contribution in [0, 0.1) is 0 Å². The van der Waals surface area contributed by atoms with E-state index in [9.17, 15) is 9.59 Å². The molecule has 2 heterocycles. The van der Waals surface area contributed by atoms with E-state index in [-0.39, 0.29) is 0 Å². The second-order valence-electron chi connectivity index (χ2n) is 6.26. The number of hydrogen-bond acceptors (Lipinski definition) is 6. The highest BCUT2D eigenvalue weighted by molar-refractivity contribution is 5.87. The lowest BCUT2D eigenvalue weighted by atomic mass is 10.1. The summed E-state index contributed by atoms with van der Waals surface area (Å²) in [6.45, 7) is 5.41. The highest BCUT2D eigenvalue weighted by Gasteiger charge is 2.20. The first-order chi connectivity index (χ1) is 10.7. The van der Waals surface area contributed by atoms with Crippen LogP contribution < -0.4 is 5.73 Å². The Balaban J connectivity index is 2.23. The standard InChI is InChI=1S/C16H21N3O4/c1-16(2,3)23-15(21)19-6-5-11-7-10(9-18-13(11)19)8-12(17)14(20)22-4/h5-7,9,12H,8,17H2,1-4H3/t12-/m0/s1. The molecule has 0 fully saturated rings. The first-order valence-electron chi connectivity index (χ1n) is 7.24. The molecule has 2 aromatic heterocycles. The molecule has 2 N–H and O–H groups in total. The van der Waals surface area contributed by atoms with Crippen molar-refractivity contribution in [2.75, 3.05) is 7.11 Å². The van der Waals surface area contributed by atoms with Crippen LogP contribution in [0.2, 0.25) is 0 Å². The summed E-state index contributed by atoms with van der Waals surface area (Å²) in [6, 6.07) is 2.86. The average molecular weight is 319 g/mol. The number of pyridine rings is 1. The number of aromatic nitrogens is 2. The Morgan fingerprint density at radius 2 is 2.09 bits per heavy atom. The molecule has 0 radical (unpaired) electrons. The SMILES string of the molecule is COC(=O)[C@@H](N)Cc1cnc2c(ccn2C(=O)OC(C)(C)C)c1. The van der Waals surface area contributed by atoms with Crippen LogP contribution in [-0.4, -0.2) is 40.4 Å². The van der Waals surface area contributed by atoms with Crippen LogP contribution in [-0.2, 0) is 20.7 Å². The summed E-state index contributed by atoms with van der Waals surface area (Å²) in [5.41, 5.74) is 6.45. The Morgan fingerprint density at radius 3 is 2.70 bits per heavy atom. The Kier molecular flexibility index (Phi) is 4.70. The summed E-state index contributed by atoms with van der Waals surface area (Å²) < 4.78 is 11.3. The number of hydrogen-bond donors (Lipinski definition) is 1. The fourth-order valence-corrected chi connectivity index (χ4v) is 2.13. The van der Waals surface area contributed by atoms with Crippen LogP contribution in [0.4, 0.5) is 4.79 Å². The molecular weight excluding hydrogens is 298 g/mol. The Morgan fingerprint density at radius 1 is 1.39 bits per heavy atom. The van der Waals surface area contributed by atoms with Gasteiger partial charge in [-0.25, -0.2) is 14.3 Å². The van der Waals surface area contributed by atoms with E-state index in [1.54, 1.807) is 39.2 Å². The zero-order valence-electron chi connectivity index (χ0n) is 13.7. The van der Waals surface area contributed by atoms with E-state index in [2.05, 4.69) is 9.72 Å². The molecule has 2 aromatic rings. The number of methoxy groups -OCH3 is 1. The maximum Gasteiger partial charge on any atom is 0.420 e. The van der Waals surface area contributed by atoms with Crippen LogP contribution >= 0.6 is 0 Å². The van der Waals surface area contributed by atoms with Crippen LogP contribution in [0.15, 0.2) is 24.5 Å². The molecular formula is C16H21N3O4. The predicted octanol–water partition coefficient (Wildman–Crippen LogP) is 1.86. The van der Waals surface area contributed by atoms with Gasteiger partial charge in [0.1, 0.15) is 17.3 Å². The molecule has 0 aliphatic carbocycles. The smallest absolute Gasteiger partial charge is 0.420 e. The lowest BCUT2D eigenvalue weighted by Gasteiger charge is -2.19. The molecule has 0 saturated carbocycles. The van der Waals surface area contributed by atoms with Crippen molar-refractivity contribution in [1.29, 1.82) is 0 Å². The lowest BCUT2D eigenvalue weighted by molar-refractivity contribution is -0.142. The first kappa shape index (κ1) is 17.0. The molecule has 2 rings (SSSR count). The quantitative estimate of drug-likeness (QED) is 0.867. The molecule has 0 bridgehead atoms. The fraction of sp³-hybridized carbons (Fsp3) is 0.438. The van der Waals surface area contributed by atoms with Gasteiger partial charge >= 0.3 is 12.1 Å². The Labute approximate surface area is 134 Å². The van der Waals surface area contributed by atoms with Crippen molar-refractivity contribution < 1.29 is 19.1 Å². The molecule has 0 spiro atoms. The van der Waals surface area contributed by atoms with Crippen molar-refractivity contribution in [3.05, 3.63) is 30.1 Å². The van der Waals surface area contributed by atoms with Gasteiger partial charge in [-0.1, -0.05) is 0 Å². The minimum atomic E-state index is -0.743. The van der Waals surface area contributed by atoms with Gasteiger partial charge in [-0.3, -0.25) is 4.79 Å². The second kappa shape index (κ2) is 6.37. The summed E-state index contributed by atoms with van der Waals surface area (Å²) in [5, 5.41) is 0.769. The third-order valence-corrected chi connectivity index (χ3v) is 3.13. The number of carbonyl (C=O) groups excluding carboxylic acids is 2. The van der Waals surface area contributed by atoms with Gasteiger partial charge in [0, 0.05) is 17.8 Å². The molecule has 124 valence electrons. The molecule has 0 saturated heterocycles. The van der Waals surface area contributed by atoms with E-state index >= 15 is 0 Å². The zero-order chi connectivity index (χ0) is 17.2. The van der Waals surface area contributed by atoms with Gasteiger partial charge in [0.25, 0.3) is 0 Å². The van der Waals surface area contributed by atoms with Gasteiger partial charge in [0.2, 0.25) is 0 Å². The topological polar surface area (TPSA) is 96.4 Å². The van der Waals surface area contributed by atoms with Crippen LogP contribution in [0.1, 0.15) is 26.3 Å². The molecule has 0 aliphatic heterocycles. The molecule has 23 heavy (non-hydrogen) atoms. The van der Waals surface area contributed by atoms with Crippen molar-refractivity contribution in [3.63, 3.8) is 0 Å². The molecule has 0 amide bonds. The van der Waals surface area contributed by atoms with Crippen molar-refractivity contribution >= 4 is 23.1 Å². The van der Waals surface area contributed by atoms with Crippen molar-refractivity contribution in [3.8, 4) is 0 Å². The van der Waals surface area contributed by atoms with Crippen molar-refractivity contribution in [1.82, 2.24) is 9.55 Å². The number of carbonyl (C=O) groups is 2. The predicted molar refractivity (Wildman–Crippen MR) is 85.1 cm³/mol. The van der Waals surface area contributed by atoms with E-state index in [1.165, 1.54) is 11.7 Å². The van der Waals surface area contributed by atoms with Gasteiger partial charge in [0.15, 0.2) is 0 Å². The third-order valence-electron chi connectivity index (χ3n) is 3.13. The number of nitrogens with two attached hydrogens (primary N) is 1. The zero-order valence-corrected chi connectivity index (χ0v) is 13.7. The van der Waals surface area contributed by atoms with Gasteiger partial charge in [-0.15, -0.1) is 0 Å². The number of nitrogens with zero attached hydrogens (tertiary/aromatic N) is 2. The molecule has 0 aliphatic rings. The molecule has 0 unspecified atom stereocenters. The Hall–Kier alpha value is -2.41. The minimum absolute atomic E-state index is 0.313. The largest absolute Gasteiger partial charge is 0.468 e. The van der Waals surface area contributed by atoms with Crippen molar-refractivity contribution in [2.24, 2.45) is 5.73 Å². The van der Waals surface area contributed by atoms with Crippen molar-refractivity contribution in [2.45, 2.75) is 38.8 Å². The minimum Gasteiger partial charge on any atom is -0.468 e. The van der Waals surface area contributed by atoms with E-state index in [4.69, 9.17) is 10.5 Å². The highest BCUT2D eigenvalue weighted by Crippen LogP contribution is 2.18. The van der Waals surface area contributed by atoms with Gasteiger partial charge in [-0.05, 0) is 44.9 Å². The highest BCUT2D eigenvalue weighted by atomic mass is 16.6. The molecule has 7 nitrogen and oxygen atoms in total. The van der Waals surface area contributed by atoms with Gasteiger partial charge in [-0.2, -0.15) is 0 Å². The normalized spacial score (nSPS) is 12.9. The van der Waals surface area contributed by atoms with Gasteiger partial charge < -0.3 is 15.2 Å². The molecule has 1 atom stereocenters. The Bertz CT molecular complexity index is 730. The summed E-state index contributed by atoms with van der Waals surface area (Å²) in [5.74, 6) is -0.476. The van der Waals surface area contributed by atoms with Crippen LogP contribution in [0.25, 0.3) is 11.0 Å². The summed E-state index contributed by atoms with van der Waals surface area (Å²) in [4.78, 5) is 27.8. The van der Waals surface area contributed by atoms with Crippen LogP contribution in [0.5, 0.6) is 0 Å². The fourth-order valence-electron chi connectivity index (χ4n) is 2.13. The number of ether oxygens (including phenoxy) is 2. The summed E-state index contributed by atoms with van der Waals surface area (Å²) in [7, 11) is 1.30. The molecule has 7 heteroatoms. The average Bonchev–Trinajstić information content (AvgIpc) is 2.87. The summed E-state index contributed by atoms with van der Waals surface area (Å²) in [6.07, 6.45) is 3.02. The lowest BCUT2D eigenvalue weighted by Crippen LogP contribution is -2.33. The first-order valence-corrected chi connectivity index (χ1v) is 7.24. The number of fused-ring (bicyclic) bond motifs is 1. The second-order valence-corrected chi connectivity index (χ2v) is 6.26. The van der Waals surface area contributed by atoms with E-state index in [0.717, 1.165) is 10.9 Å². The third kappa shape index (κ3) is 4.07.